The molecule has 0 fully saturated rings. The van der Waals surface area contributed by atoms with Crippen molar-refractivity contribution in [3.63, 3.8) is 0 Å². The normalized spacial score (nSPS) is 12.0. The molecule has 0 heterocycles. The van der Waals surface area contributed by atoms with Crippen molar-refractivity contribution < 1.29 is 18.5 Å². The van der Waals surface area contributed by atoms with Gasteiger partial charge in [-0.2, -0.15) is 4.39 Å². The van der Waals surface area contributed by atoms with Gasteiger partial charge in [-0.15, -0.1) is 0 Å². The van der Waals surface area contributed by atoms with Crippen molar-refractivity contribution in [3.05, 3.63) is 39.4 Å². The molecule has 18 heavy (non-hydrogen) atoms. The van der Waals surface area contributed by atoms with Gasteiger partial charge in [0.1, 0.15) is 5.82 Å². The zero-order valence-corrected chi connectivity index (χ0v) is 10.8. The first-order valence-corrected chi connectivity index (χ1v) is 5.80. The van der Waals surface area contributed by atoms with Gasteiger partial charge in [0.2, 0.25) is 5.82 Å². The molecule has 0 saturated carbocycles. The summed E-state index contributed by atoms with van der Waals surface area (Å²) in [4.78, 5) is 20.9. The largest absolute Gasteiger partial charge is 0.351 e. The van der Waals surface area contributed by atoms with E-state index in [0.717, 1.165) is 0 Å². The molecule has 0 aliphatic carbocycles. The molecule has 1 unspecified atom stereocenters. The van der Waals surface area contributed by atoms with Gasteiger partial charge in [0.15, 0.2) is 0 Å². The van der Waals surface area contributed by atoms with Crippen molar-refractivity contribution in [3.8, 4) is 0 Å². The number of benzene rings is 1. The summed E-state index contributed by atoms with van der Waals surface area (Å²) in [5.74, 6) is -3.29. The Morgan fingerprint density at radius 1 is 1.56 bits per heavy atom. The van der Waals surface area contributed by atoms with E-state index in [1.54, 1.807) is 6.92 Å². The predicted molar refractivity (Wildman–Crippen MR) is 63.7 cm³/mol. The number of hydrogen-bond donors (Lipinski definition) is 1. The Balaban J connectivity index is 3.09. The molecule has 5 nitrogen and oxygen atoms in total. The van der Waals surface area contributed by atoms with E-state index >= 15 is 0 Å². The number of hydrogen-bond acceptors (Lipinski definition) is 3. The molecule has 1 rings (SSSR count). The Morgan fingerprint density at radius 3 is 2.67 bits per heavy atom. The van der Waals surface area contributed by atoms with Gasteiger partial charge >= 0.3 is 5.69 Å². The van der Waals surface area contributed by atoms with Gasteiger partial charge in [0, 0.05) is 11.4 Å². The molecular weight excluding hydrogens is 314 g/mol. The Bertz CT molecular complexity index is 494. The van der Waals surface area contributed by atoms with Gasteiger partial charge in [-0.05, 0) is 6.07 Å². The van der Waals surface area contributed by atoms with Crippen LogP contribution in [0.1, 0.15) is 17.3 Å². The van der Waals surface area contributed by atoms with Crippen LogP contribution in [-0.4, -0.2) is 22.2 Å². The van der Waals surface area contributed by atoms with Crippen LogP contribution < -0.4 is 5.32 Å². The maximum atomic E-state index is 13.6. The first-order valence-electron chi connectivity index (χ1n) is 4.88. The lowest BCUT2D eigenvalue weighted by Gasteiger charge is -2.07. The lowest BCUT2D eigenvalue weighted by molar-refractivity contribution is -0.387. The highest BCUT2D eigenvalue weighted by Gasteiger charge is 2.24. The van der Waals surface area contributed by atoms with E-state index in [1.807, 2.05) is 0 Å². The van der Waals surface area contributed by atoms with E-state index < -0.39 is 33.7 Å². The molecular formula is C10H9BrF2N2O3. The quantitative estimate of drug-likeness (QED) is 0.525. The number of nitro groups is 1. The van der Waals surface area contributed by atoms with Crippen LogP contribution in [0.2, 0.25) is 0 Å². The number of alkyl halides is 1. The monoisotopic (exact) mass is 322 g/mol. The van der Waals surface area contributed by atoms with Crippen molar-refractivity contribution in [2.75, 3.05) is 6.54 Å². The number of carbonyl (C=O) groups excluding carboxylic acids is 1. The Kier molecular flexibility index (Phi) is 4.71. The minimum Gasteiger partial charge on any atom is -0.351 e. The average Bonchev–Trinajstić information content (AvgIpc) is 2.28. The lowest BCUT2D eigenvalue weighted by atomic mass is 10.1. The second-order valence-electron chi connectivity index (χ2n) is 3.53. The second kappa shape index (κ2) is 5.85. The number of halogens is 3. The Hall–Kier alpha value is -1.57. The van der Waals surface area contributed by atoms with Crippen molar-refractivity contribution in [1.82, 2.24) is 5.32 Å². The maximum absolute atomic E-state index is 13.6. The van der Waals surface area contributed by atoms with Crippen molar-refractivity contribution in [1.29, 1.82) is 0 Å². The van der Waals surface area contributed by atoms with Crippen LogP contribution in [0.25, 0.3) is 0 Å². The molecule has 1 amide bonds. The minimum absolute atomic E-state index is 0.0620. The summed E-state index contributed by atoms with van der Waals surface area (Å²) in [6.07, 6.45) is 0. The van der Waals surface area contributed by atoms with Crippen LogP contribution in [0.15, 0.2) is 12.1 Å². The molecule has 0 aromatic heterocycles. The third kappa shape index (κ3) is 3.46. The summed E-state index contributed by atoms with van der Waals surface area (Å²) < 4.78 is 26.7. The SMILES string of the molecule is CC(Br)CNC(=O)c1cc(F)cc([N+](=O)[O-])c1F. The summed E-state index contributed by atoms with van der Waals surface area (Å²) in [5, 5.41) is 12.8. The minimum atomic E-state index is -1.35. The van der Waals surface area contributed by atoms with Gasteiger partial charge in [-0.1, -0.05) is 22.9 Å². The second-order valence-corrected chi connectivity index (χ2v) is 5.10. The van der Waals surface area contributed by atoms with Crippen LogP contribution in [0.3, 0.4) is 0 Å². The number of carbonyl (C=O) groups is 1. The molecule has 1 aromatic rings. The van der Waals surface area contributed by atoms with Crippen LogP contribution in [0, 0.1) is 21.7 Å². The van der Waals surface area contributed by atoms with Crippen LogP contribution >= 0.6 is 15.9 Å². The van der Waals surface area contributed by atoms with Gasteiger partial charge in [-0.25, -0.2) is 4.39 Å². The van der Waals surface area contributed by atoms with Gasteiger partial charge < -0.3 is 5.32 Å². The third-order valence-electron chi connectivity index (χ3n) is 2.00. The summed E-state index contributed by atoms with van der Waals surface area (Å²) in [6.45, 7) is 1.92. The molecule has 0 radical (unpaired) electrons. The van der Waals surface area contributed by atoms with Gasteiger partial charge in [0.25, 0.3) is 5.91 Å². The zero-order valence-electron chi connectivity index (χ0n) is 9.25. The molecule has 0 aliphatic heterocycles. The third-order valence-corrected chi connectivity index (χ3v) is 2.33. The van der Waals surface area contributed by atoms with Gasteiger partial charge in [-0.3, -0.25) is 14.9 Å². The number of nitrogens with zero attached hydrogens (tertiary/aromatic N) is 1. The molecule has 0 spiro atoms. The summed E-state index contributed by atoms with van der Waals surface area (Å²) in [7, 11) is 0. The van der Waals surface area contributed by atoms with Gasteiger partial charge in [0.05, 0.1) is 16.6 Å². The Labute approximate surface area is 109 Å². The number of nitrogens with one attached hydrogen (secondary N) is 1. The zero-order chi connectivity index (χ0) is 13.9. The molecule has 0 aliphatic rings. The highest BCUT2D eigenvalue weighted by molar-refractivity contribution is 9.09. The van der Waals surface area contributed by atoms with E-state index in [0.29, 0.717) is 12.1 Å². The van der Waals surface area contributed by atoms with Crippen molar-refractivity contribution in [2.45, 2.75) is 11.8 Å². The number of amides is 1. The molecule has 1 atom stereocenters. The maximum Gasteiger partial charge on any atom is 0.308 e. The smallest absolute Gasteiger partial charge is 0.308 e. The number of rotatable bonds is 4. The summed E-state index contributed by atoms with van der Waals surface area (Å²) in [5.41, 5.74) is -1.75. The van der Waals surface area contributed by atoms with Crippen LogP contribution in [0.4, 0.5) is 14.5 Å². The topological polar surface area (TPSA) is 72.2 Å². The fourth-order valence-electron chi connectivity index (χ4n) is 1.20. The van der Waals surface area contributed by atoms with Crippen LogP contribution in [0.5, 0.6) is 0 Å². The molecule has 8 heteroatoms. The average molecular weight is 323 g/mol. The number of nitro benzene ring substituents is 1. The highest BCUT2D eigenvalue weighted by atomic mass is 79.9. The van der Waals surface area contributed by atoms with E-state index in [2.05, 4.69) is 21.2 Å². The van der Waals surface area contributed by atoms with Crippen molar-refractivity contribution >= 4 is 27.5 Å². The van der Waals surface area contributed by atoms with Crippen LogP contribution in [-0.2, 0) is 0 Å². The first-order chi connectivity index (χ1) is 8.32. The fourth-order valence-corrected chi connectivity index (χ4v) is 1.36. The molecule has 1 aromatic carbocycles. The van der Waals surface area contributed by atoms with E-state index in [1.165, 1.54) is 0 Å². The standard InChI is InChI=1S/C10H9BrF2N2O3/c1-5(11)4-14-10(16)7-2-6(12)3-8(9(7)13)15(17)18/h2-3,5H,4H2,1H3,(H,14,16). The lowest BCUT2D eigenvalue weighted by Crippen LogP contribution is -2.29. The van der Waals surface area contributed by atoms with E-state index in [-0.39, 0.29) is 11.4 Å². The van der Waals surface area contributed by atoms with E-state index in [4.69, 9.17) is 0 Å². The molecule has 98 valence electrons. The van der Waals surface area contributed by atoms with Crippen molar-refractivity contribution in [2.24, 2.45) is 0 Å². The fraction of sp³-hybridized carbons (Fsp3) is 0.300. The summed E-state index contributed by atoms with van der Waals surface area (Å²) in [6, 6.07) is 1.05. The highest BCUT2D eigenvalue weighted by Crippen LogP contribution is 2.22. The summed E-state index contributed by atoms with van der Waals surface area (Å²) >= 11 is 3.16. The molecule has 1 N–H and O–H groups in total. The van der Waals surface area contributed by atoms with E-state index in [9.17, 15) is 23.7 Å². The first kappa shape index (κ1) is 14.5. The molecule has 0 saturated heterocycles. The molecule has 0 bridgehead atoms. The Morgan fingerprint density at radius 2 is 2.17 bits per heavy atom. The predicted octanol–water partition coefficient (Wildman–Crippen LogP) is 2.39.